The Morgan fingerprint density at radius 1 is 0.735 bits per heavy atom. The zero-order valence-electron chi connectivity index (χ0n) is 29.4. The van der Waals surface area contributed by atoms with Crippen molar-refractivity contribution in [3.63, 3.8) is 0 Å². The van der Waals surface area contributed by atoms with Crippen LogP contribution in [-0.2, 0) is 31.9 Å². The van der Waals surface area contributed by atoms with Gasteiger partial charge in [0.15, 0.2) is 0 Å². The third-order valence-electron chi connectivity index (χ3n) is 8.99. The number of para-hydroxylation sites is 1. The van der Waals surface area contributed by atoms with Crippen LogP contribution in [0.4, 0.5) is 0 Å². The van der Waals surface area contributed by atoms with Crippen LogP contribution in [0.2, 0.25) is 0 Å². The van der Waals surface area contributed by atoms with Crippen LogP contribution >= 0.6 is 0 Å². The van der Waals surface area contributed by atoms with Crippen molar-refractivity contribution in [2.45, 2.75) is 72.1 Å². The Kier molecular flexibility index (Phi) is 9.19. The maximum Gasteiger partial charge on any atom is 2.00 e. The fraction of sp³-hybridized carbons (Fsp3) is 0.256. The van der Waals surface area contributed by atoms with Gasteiger partial charge in [0.05, 0.1) is 6.20 Å². The molecule has 0 amide bonds. The summed E-state index contributed by atoms with van der Waals surface area (Å²) in [7, 11) is 0. The maximum atomic E-state index is 6.43. The second-order valence-electron chi connectivity index (χ2n) is 14.9. The first-order valence-electron chi connectivity index (χ1n) is 16.7. The Morgan fingerprint density at radius 3 is 2.14 bits per heavy atom. The van der Waals surface area contributed by atoms with Crippen molar-refractivity contribution in [1.29, 1.82) is 0 Å². The standard InChI is InChI=1S/C43H42N4O.Pt/c1-28(2)29-21-22-44-40(23-29)47-38-18-10-9-15-34(38)35-20-19-33(25-39(35)47)48-32-14-11-13-31(24-32)46-27-30(26-45-46)41-36(42(3,4)5)16-12-17-37(41)43(6,7)8;/h9-23,26-28H,1-8H3;/q-2;+2. The molecule has 0 bridgehead atoms. The third kappa shape index (κ3) is 6.62. The van der Waals surface area contributed by atoms with Gasteiger partial charge < -0.3 is 9.30 Å². The maximum absolute atomic E-state index is 6.43. The first kappa shape index (κ1) is 34.4. The number of nitrogens with zero attached hydrogens (tertiary/aromatic N) is 4. The predicted molar refractivity (Wildman–Crippen MR) is 197 cm³/mol. The minimum atomic E-state index is -0.0187. The molecule has 250 valence electrons. The zero-order valence-corrected chi connectivity index (χ0v) is 31.7. The minimum absolute atomic E-state index is 0. The van der Waals surface area contributed by atoms with Crippen molar-refractivity contribution in [2.24, 2.45) is 0 Å². The van der Waals surface area contributed by atoms with E-state index in [9.17, 15) is 0 Å². The fourth-order valence-electron chi connectivity index (χ4n) is 6.53. The van der Waals surface area contributed by atoms with Gasteiger partial charge >= 0.3 is 21.1 Å². The van der Waals surface area contributed by atoms with Crippen LogP contribution in [0.5, 0.6) is 11.5 Å². The van der Waals surface area contributed by atoms with E-state index in [0.29, 0.717) is 17.4 Å². The van der Waals surface area contributed by atoms with Crippen molar-refractivity contribution >= 4 is 21.8 Å². The average Bonchev–Trinajstić information content (AvgIpc) is 3.67. The van der Waals surface area contributed by atoms with Crippen LogP contribution in [0.3, 0.4) is 0 Å². The van der Waals surface area contributed by atoms with E-state index in [1.165, 1.54) is 22.3 Å². The van der Waals surface area contributed by atoms with Gasteiger partial charge in [-0.2, -0.15) is 17.2 Å². The van der Waals surface area contributed by atoms with Crippen LogP contribution in [0.1, 0.15) is 78.0 Å². The molecule has 0 spiro atoms. The minimum Gasteiger partial charge on any atom is -0.509 e. The van der Waals surface area contributed by atoms with Crippen LogP contribution in [-0.4, -0.2) is 19.3 Å². The van der Waals surface area contributed by atoms with Crippen molar-refractivity contribution in [3.8, 4) is 34.1 Å². The van der Waals surface area contributed by atoms with Crippen molar-refractivity contribution in [1.82, 2.24) is 19.3 Å². The van der Waals surface area contributed by atoms with Gasteiger partial charge in [-0.15, -0.1) is 35.7 Å². The van der Waals surface area contributed by atoms with Crippen LogP contribution in [0, 0.1) is 12.1 Å². The molecule has 0 aliphatic carbocycles. The van der Waals surface area contributed by atoms with E-state index in [2.05, 4.69) is 139 Å². The van der Waals surface area contributed by atoms with Gasteiger partial charge in [-0.3, -0.25) is 4.68 Å². The molecule has 7 rings (SSSR count). The molecule has 0 aliphatic heterocycles. The van der Waals surface area contributed by atoms with Crippen LogP contribution in [0.25, 0.3) is 44.4 Å². The van der Waals surface area contributed by atoms with Gasteiger partial charge in [-0.05, 0) is 68.3 Å². The molecule has 0 fully saturated rings. The van der Waals surface area contributed by atoms with E-state index < -0.39 is 0 Å². The Labute approximate surface area is 304 Å². The Bertz CT molecular complexity index is 2250. The number of rotatable bonds is 6. The molecule has 0 aliphatic rings. The summed E-state index contributed by atoms with van der Waals surface area (Å²) in [4.78, 5) is 4.77. The number of hydrogen-bond donors (Lipinski definition) is 0. The summed E-state index contributed by atoms with van der Waals surface area (Å²) < 4.78 is 10.5. The SMILES string of the molecule is CC(C)c1ccnc(-n2c3[c-]c(Oc4[c-]c(-n5cc(-c6c(C(C)(C)C)cccc6C(C)(C)C)cn5)ccc4)ccc3c3ccccc32)c1.[Pt+2]. The molecule has 0 N–H and O–H groups in total. The molecule has 0 saturated carbocycles. The molecule has 3 aromatic heterocycles. The topological polar surface area (TPSA) is 44.9 Å². The molecule has 0 atom stereocenters. The Morgan fingerprint density at radius 2 is 1.43 bits per heavy atom. The predicted octanol–water partition coefficient (Wildman–Crippen LogP) is 11.1. The normalized spacial score (nSPS) is 12.1. The summed E-state index contributed by atoms with van der Waals surface area (Å²) in [5, 5.41) is 7.05. The van der Waals surface area contributed by atoms with E-state index in [1.54, 1.807) is 0 Å². The number of pyridine rings is 1. The molecule has 4 aromatic carbocycles. The van der Waals surface area contributed by atoms with E-state index in [4.69, 9.17) is 14.8 Å². The quantitative estimate of drug-likeness (QED) is 0.157. The molecular weight excluding hydrogens is 784 g/mol. The number of fused-ring (bicyclic) bond motifs is 3. The Balaban J connectivity index is 0.00000417. The molecule has 0 unspecified atom stereocenters. The monoisotopic (exact) mass is 825 g/mol. The van der Waals surface area contributed by atoms with Gasteiger partial charge in [0.2, 0.25) is 0 Å². The molecule has 6 heteroatoms. The van der Waals surface area contributed by atoms with Crippen molar-refractivity contribution < 1.29 is 25.8 Å². The van der Waals surface area contributed by atoms with E-state index >= 15 is 0 Å². The first-order chi connectivity index (χ1) is 22.9. The first-order valence-corrected chi connectivity index (χ1v) is 16.7. The van der Waals surface area contributed by atoms with Gasteiger partial charge in [0, 0.05) is 35.0 Å². The summed E-state index contributed by atoms with van der Waals surface area (Å²) in [5.74, 6) is 2.46. The fourth-order valence-corrected chi connectivity index (χ4v) is 6.53. The van der Waals surface area contributed by atoms with Gasteiger partial charge in [-0.1, -0.05) is 97.3 Å². The van der Waals surface area contributed by atoms with Gasteiger partial charge in [0.1, 0.15) is 5.82 Å². The number of hydrogen-bond acceptors (Lipinski definition) is 3. The summed E-state index contributed by atoms with van der Waals surface area (Å²) >= 11 is 0. The second kappa shape index (κ2) is 13.1. The van der Waals surface area contributed by atoms with Crippen molar-refractivity contribution in [3.05, 3.63) is 132 Å². The summed E-state index contributed by atoms with van der Waals surface area (Å²) in [6.45, 7) is 18.0. The summed E-state index contributed by atoms with van der Waals surface area (Å²) in [6, 6.07) is 36.3. The molecular formula is C43H42N4OPt. The smallest absolute Gasteiger partial charge is 0.509 e. The molecule has 49 heavy (non-hydrogen) atoms. The summed E-state index contributed by atoms with van der Waals surface area (Å²) in [5.41, 5.74) is 8.97. The van der Waals surface area contributed by atoms with Gasteiger partial charge in [-0.25, -0.2) is 4.98 Å². The van der Waals surface area contributed by atoms with Crippen LogP contribution in [0.15, 0.2) is 104 Å². The molecule has 3 heterocycles. The largest absolute Gasteiger partial charge is 2.00 e. The Hall–Kier alpha value is -4.47. The van der Waals surface area contributed by atoms with E-state index in [-0.39, 0.29) is 31.9 Å². The van der Waals surface area contributed by atoms with Gasteiger partial charge in [0.25, 0.3) is 0 Å². The number of aromatic nitrogens is 4. The van der Waals surface area contributed by atoms with Crippen LogP contribution < -0.4 is 4.74 Å². The molecule has 5 nitrogen and oxygen atoms in total. The molecule has 7 aromatic rings. The summed E-state index contributed by atoms with van der Waals surface area (Å²) in [6.07, 6.45) is 5.95. The number of ether oxygens (including phenoxy) is 1. The van der Waals surface area contributed by atoms with E-state index in [1.807, 2.05) is 41.3 Å². The number of benzene rings is 4. The average molecular weight is 826 g/mol. The third-order valence-corrected chi connectivity index (χ3v) is 8.99. The van der Waals surface area contributed by atoms with E-state index in [0.717, 1.165) is 38.9 Å². The molecule has 0 radical (unpaired) electrons. The zero-order chi connectivity index (χ0) is 33.8. The molecule has 0 saturated heterocycles. The second-order valence-corrected chi connectivity index (χ2v) is 14.9. The van der Waals surface area contributed by atoms with Crippen molar-refractivity contribution in [2.75, 3.05) is 0 Å².